The van der Waals surface area contributed by atoms with Crippen molar-refractivity contribution in [2.24, 2.45) is 0 Å². The maximum atomic E-state index is 11.4. The van der Waals surface area contributed by atoms with Gasteiger partial charge < -0.3 is 10.2 Å². The monoisotopic (exact) mass is 367 g/mol. The Balaban J connectivity index is 1.52. The Bertz CT molecular complexity index is 825. The molecule has 0 aliphatic carbocycles. The molecule has 1 saturated heterocycles. The van der Waals surface area contributed by atoms with E-state index in [0.29, 0.717) is 13.1 Å². The predicted molar refractivity (Wildman–Crippen MR) is 99.7 cm³/mol. The predicted octanol–water partition coefficient (Wildman–Crippen LogP) is 2.73. The van der Waals surface area contributed by atoms with Crippen molar-refractivity contribution < 1.29 is 8.42 Å². The highest BCUT2D eigenvalue weighted by molar-refractivity contribution is 7.91. The molecule has 5 nitrogen and oxygen atoms in total. The molecule has 0 saturated carbocycles. The van der Waals surface area contributed by atoms with E-state index in [1.807, 2.05) is 31.2 Å². The number of benzene rings is 1. The number of aromatic nitrogens is 1. The van der Waals surface area contributed by atoms with Crippen LogP contribution in [0.15, 0.2) is 24.3 Å². The number of anilines is 1. The van der Waals surface area contributed by atoms with Crippen molar-refractivity contribution in [3.8, 4) is 0 Å². The lowest BCUT2D eigenvalue weighted by Crippen LogP contribution is -2.41. The number of hydrogen-bond donors (Lipinski definition) is 1. The third kappa shape index (κ3) is 4.18. The maximum Gasteiger partial charge on any atom is 0.152 e. The zero-order valence-electron chi connectivity index (χ0n) is 13.8. The van der Waals surface area contributed by atoms with E-state index in [1.165, 1.54) is 0 Å². The molecule has 0 unspecified atom stereocenters. The number of pyridine rings is 1. The van der Waals surface area contributed by atoms with Crippen LogP contribution < -0.4 is 5.32 Å². The Morgan fingerprint density at radius 1 is 1.21 bits per heavy atom. The normalized spacial score (nSPS) is 17.9. The first-order valence-electron chi connectivity index (χ1n) is 8.17. The molecule has 2 aromatic rings. The van der Waals surface area contributed by atoms with Crippen LogP contribution in [0.25, 0.3) is 10.9 Å². The van der Waals surface area contributed by atoms with Gasteiger partial charge in [-0.3, -0.25) is 0 Å². The zero-order chi connectivity index (χ0) is 17.2. The Morgan fingerprint density at radius 3 is 2.67 bits per heavy atom. The molecule has 1 N–H and O–H groups in total. The highest BCUT2D eigenvalue weighted by Gasteiger charge is 2.20. The van der Waals surface area contributed by atoms with Gasteiger partial charge >= 0.3 is 0 Å². The fraction of sp³-hybridized carbons (Fsp3) is 0.471. The van der Waals surface area contributed by atoms with Crippen molar-refractivity contribution in [3.05, 3.63) is 34.9 Å². The van der Waals surface area contributed by atoms with Crippen molar-refractivity contribution in [2.45, 2.75) is 13.3 Å². The first-order valence-corrected chi connectivity index (χ1v) is 10.4. The number of nitrogens with zero attached hydrogens (tertiary/aromatic N) is 2. The molecular weight excluding hydrogens is 346 g/mol. The molecule has 1 aliphatic rings. The molecule has 130 valence electrons. The van der Waals surface area contributed by atoms with E-state index in [2.05, 4.69) is 15.2 Å². The topological polar surface area (TPSA) is 62.3 Å². The van der Waals surface area contributed by atoms with E-state index in [4.69, 9.17) is 11.6 Å². The van der Waals surface area contributed by atoms with Crippen molar-refractivity contribution >= 4 is 38.2 Å². The van der Waals surface area contributed by atoms with Crippen molar-refractivity contribution in [1.82, 2.24) is 9.88 Å². The van der Waals surface area contributed by atoms with Crippen molar-refractivity contribution in [1.29, 1.82) is 0 Å². The summed E-state index contributed by atoms with van der Waals surface area (Å²) in [4.78, 5) is 6.86. The molecule has 0 amide bonds. The maximum absolute atomic E-state index is 11.4. The molecule has 0 bridgehead atoms. The SMILES string of the molecule is Cc1c(Cl)ccc2ccc(NCCCN3CCS(=O)(=O)CC3)nc12. The fourth-order valence-corrected chi connectivity index (χ4v) is 4.33. The van der Waals surface area contributed by atoms with Crippen LogP contribution >= 0.6 is 11.6 Å². The fourth-order valence-electron chi connectivity index (χ4n) is 2.90. The molecule has 24 heavy (non-hydrogen) atoms. The van der Waals surface area contributed by atoms with Gasteiger partial charge in [0.25, 0.3) is 0 Å². The van der Waals surface area contributed by atoms with Crippen LogP contribution in [0, 0.1) is 6.92 Å². The second-order valence-electron chi connectivity index (χ2n) is 6.21. The Hall–Kier alpha value is -1.37. The molecule has 1 fully saturated rings. The molecule has 0 radical (unpaired) electrons. The molecule has 1 aromatic heterocycles. The number of halogens is 1. The Labute approximate surface area is 147 Å². The van der Waals surface area contributed by atoms with Gasteiger partial charge in [-0.2, -0.15) is 0 Å². The van der Waals surface area contributed by atoms with E-state index in [0.717, 1.165) is 46.8 Å². The zero-order valence-corrected chi connectivity index (χ0v) is 15.3. The molecule has 0 spiro atoms. The minimum atomic E-state index is -2.80. The quantitative estimate of drug-likeness (QED) is 0.823. The minimum absolute atomic E-state index is 0.284. The van der Waals surface area contributed by atoms with Gasteiger partial charge in [0.05, 0.1) is 17.0 Å². The molecule has 1 aliphatic heterocycles. The Kier molecular flexibility index (Phi) is 5.27. The number of fused-ring (bicyclic) bond motifs is 1. The number of rotatable bonds is 5. The third-order valence-corrected chi connectivity index (χ3v) is 6.46. The van der Waals surface area contributed by atoms with Crippen LogP contribution in [0.3, 0.4) is 0 Å². The standard InChI is InChI=1S/C17H22ClN3O2S/c1-13-15(18)5-3-14-4-6-16(20-17(13)14)19-7-2-8-21-9-11-24(22,23)12-10-21/h3-6H,2,7-12H2,1H3,(H,19,20). The van der Waals surface area contributed by atoms with Gasteiger partial charge in [0.1, 0.15) is 5.82 Å². The highest BCUT2D eigenvalue weighted by atomic mass is 35.5. The van der Waals surface area contributed by atoms with Crippen LogP contribution in [0.4, 0.5) is 5.82 Å². The van der Waals surface area contributed by atoms with Crippen molar-refractivity contribution in [2.75, 3.05) is 43.0 Å². The summed E-state index contributed by atoms with van der Waals surface area (Å²) in [6.07, 6.45) is 0.953. The van der Waals surface area contributed by atoms with Gasteiger partial charge in [-0.15, -0.1) is 0 Å². The summed E-state index contributed by atoms with van der Waals surface area (Å²) < 4.78 is 22.8. The van der Waals surface area contributed by atoms with Crippen molar-refractivity contribution in [3.63, 3.8) is 0 Å². The number of aryl methyl sites for hydroxylation is 1. The third-order valence-electron chi connectivity index (χ3n) is 4.44. The van der Waals surface area contributed by atoms with Crippen LogP contribution in [0.1, 0.15) is 12.0 Å². The van der Waals surface area contributed by atoms with E-state index >= 15 is 0 Å². The van der Waals surface area contributed by atoms with Gasteiger partial charge in [0, 0.05) is 30.0 Å². The largest absolute Gasteiger partial charge is 0.370 e. The van der Waals surface area contributed by atoms with E-state index < -0.39 is 9.84 Å². The summed E-state index contributed by atoms with van der Waals surface area (Å²) in [7, 11) is -2.80. The number of sulfone groups is 1. The summed E-state index contributed by atoms with van der Waals surface area (Å²) >= 11 is 6.16. The van der Waals surface area contributed by atoms with Crippen LogP contribution in [-0.4, -0.2) is 56.0 Å². The summed E-state index contributed by atoms with van der Waals surface area (Å²) in [5, 5.41) is 5.15. The lowest BCUT2D eigenvalue weighted by molar-refractivity contribution is 0.294. The minimum Gasteiger partial charge on any atom is -0.370 e. The first kappa shape index (κ1) is 17.5. The van der Waals surface area contributed by atoms with Gasteiger partial charge in [-0.1, -0.05) is 17.7 Å². The first-order chi connectivity index (χ1) is 11.4. The van der Waals surface area contributed by atoms with Crippen LogP contribution in [-0.2, 0) is 9.84 Å². The lowest BCUT2D eigenvalue weighted by atomic mass is 10.1. The summed E-state index contributed by atoms with van der Waals surface area (Å²) in [6, 6.07) is 7.89. The molecule has 2 heterocycles. The van der Waals surface area contributed by atoms with Gasteiger partial charge in [0.2, 0.25) is 0 Å². The average molecular weight is 368 g/mol. The molecule has 7 heteroatoms. The second kappa shape index (κ2) is 7.25. The molecule has 0 atom stereocenters. The molecule has 1 aromatic carbocycles. The lowest BCUT2D eigenvalue weighted by Gasteiger charge is -2.26. The van der Waals surface area contributed by atoms with Gasteiger partial charge in [-0.25, -0.2) is 13.4 Å². The molecular formula is C17H22ClN3O2S. The summed E-state index contributed by atoms with van der Waals surface area (Å²) in [6.45, 7) is 4.98. The highest BCUT2D eigenvalue weighted by Crippen LogP contribution is 2.25. The number of nitrogens with one attached hydrogen (secondary N) is 1. The smallest absolute Gasteiger partial charge is 0.152 e. The summed E-state index contributed by atoms with van der Waals surface area (Å²) in [5.74, 6) is 1.41. The van der Waals surface area contributed by atoms with Crippen LogP contribution in [0.2, 0.25) is 5.02 Å². The van der Waals surface area contributed by atoms with Gasteiger partial charge in [-0.05, 0) is 43.7 Å². The number of hydrogen-bond acceptors (Lipinski definition) is 5. The van der Waals surface area contributed by atoms with E-state index in [-0.39, 0.29) is 11.5 Å². The van der Waals surface area contributed by atoms with E-state index in [1.54, 1.807) is 0 Å². The van der Waals surface area contributed by atoms with Crippen LogP contribution in [0.5, 0.6) is 0 Å². The summed E-state index contributed by atoms with van der Waals surface area (Å²) in [5.41, 5.74) is 1.92. The molecule has 3 rings (SSSR count). The Morgan fingerprint density at radius 2 is 1.92 bits per heavy atom. The second-order valence-corrected chi connectivity index (χ2v) is 8.93. The van der Waals surface area contributed by atoms with E-state index in [9.17, 15) is 8.42 Å². The van der Waals surface area contributed by atoms with Gasteiger partial charge in [0.15, 0.2) is 9.84 Å². The average Bonchev–Trinajstić information content (AvgIpc) is 2.56.